The van der Waals surface area contributed by atoms with Gasteiger partial charge in [-0.1, -0.05) is 23.8 Å². The van der Waals surface area contributed by atoms with Crippen molar-refractivity contribution in [3.63, 3.8) is 0 Å². The minimum Gasteiger partial charge on any atom is -0.465 e. The molecule has 0 spiro atoms. The van der Waals surface area contributed by atoms with Gasteiger partial charge in [-0.2, -0.15) is 0 Å². The molecular formula is C17H18FNO2. The third kappa shape index (κ3) is 3.60. The van der Waals surface area contributed by atoms with Crippen molar-refractivity contribution in [1.29, 1.82) is 0 Å². The fraction of sp³-hybridized carbons (Fsp3) is 0.235. The van der Waals surface area contributed by atoms with E-state index in [0.717, 1.165) is 11.1 Å². The number of aryl methyl sites for hydroxylation is 1. The van der Waals surface area contributed by atoms with Gasteiger partial charge in [-0.15, -0.1) is 0 Å². The van der Waals surface area contributed by atoms with E-state index in [1.807, 2.05) is 32.0 Å². The van der Waals surface area contributed by atoms with E-state index < -0.39 is 5.97 Å². The summed E-state index contributed by atoms with van der Waals surface area (Å²) in [4.78, 5) is 11.8. The second-order valence-electron chi connectivity index (χ2n) is 4.96. The third-order valence-corrected chi connectivity index (χ3v) is 3.30. The molecule has 21 heavy (non-hydrogen) atoms. The highest BCUT2D eigenvalue weighted by molar-refractivity contribution is 5.95. The van der Waals surface area contributed by atoms with E-state index in [0.29, 0.717) is 11.3 Å². The summed E-state index contributed by atoms with van der Waals surface area (Å²) in [5, 5.41) is 3.23. The highest BCUT2D eigenvalue weighted by atomic mass is 19.1. The molecule has 0 saturated heterocycles. The van der Waals surface area contributed by atoms with E-state index in [9.17, 15) is 9.18 Å². The molecule has 1 N–H and O–H groups in total. The van der Waals surface area contributed by atoms with Gasteiger partial charge in [0.1, 0.15) is 5.82 Å². The van der Waals surface area contributed by atoms with Crippen LogP contribution in [0.1, 0.15) is 34.5 Å². The zero-order valence-electron chi connectivity index (χ0n) is 12.3. The Kier molecular flexibility index (Phi) is 4.58. The second-order valence-corrected chi connectivity index (χ2v) is 4.96. The Labute approximate surface area is 123 Å². The Balaban J connectivity index is 2.28. The Morgan fingerprint density at radius 2 is 2.00 bits per heavy atom. The normalized spacial score (nSPS) is 11.8. The van der Waals surface area contributed by atoms with Crippen molar-refractivity contribution < 1.29 is 13.9 Å². The first-order valence-electron chi connectivity index (χ1n) is 6.72. The molecule has 3 nitrogen and oxygen atoms in total. The van der Waals surface area contributed by atoms with E-state index in [1.54, 1.807) is 12.1 Å². The summed E-state index contributed by atoms with van der Waals surface area (Å²) in [6.07, 6.45) is 0. The number of hydrogen-bond donors (Lipinski definition) is 1. The Morgan fingerprint density at radius 1 is 1.24 bits per heavy atom. The summed E-state index contributed by atoms with van der Waals surface area (Å²) in [6, 6.07) is 11.8. The molecule has 110 valence electrons. The largest absolute Gasteiger partial charge is 0.465 e. The molecule has 0 aliphatic rings. The minimum absolute atomic E-state index is 0.133. The van der Waals surface area contributed by atoms with E-state index in [-0.39, 0.29) is 11.9 Å². The lowest BCUT2D eigenvalue weighted by Gasteiger charge is -2.18. The van der Waals surface area contributed by atoms with Gasteiger partial charge in [-0.05, 0) is 43.7 Å². The maximum atomic E-state index is 13.3. The Morgan fingerprint density at radius 3 is 2.67 bits per heavy atom. The number of carbonyl (C=O) groups is 1. The fourth-order valence-corrected chi connectivity index (χ4v) is 2.16. The number of benzene rings is 2. The van der Waals surface area contributed by atoms with Crippen LogP contribution in [-0.4, -0.2) is 13.1 Å². The van der Waals surface area contributed by atoms with Gasteiger partial charge in [-0.3, -0.25) is 0 Å². The molecule has 0 aliphatic heterocycles. The highest BCUT2D eigenvalue weighted by Crippen LogP contribution is 2.24. The van der Waals surface area contributed by atoms with Gasteiger partial charge >= 0.3 is 5.97 Å². The molecule has 2 aromatic rings. The van der Waals surface area contributed by atoms with Gasteiger partial charge in [0.2, 0.25) is 0 Å². The summed E-state index contributed by atoms with van der Waals surface area (Å²) >= 11 is 0. The number of carbonyl (C=O) groups excluding carboxylic acids is 1. The third-order valence-electron chi connectivity index (χ3n) is 3.30. The van der Waals surface area contributed by atoms with Crippen molar-refractivity contribution in [2.45, 2.75) is 19.9 Å². The van der Waals surface area contributed by atoms with Crippen molar-refractivity contribution in [3.8, 4) is 0 Å². The maximum Gasteiger partial charge on any atom is 0.339 e. The van der Waals surface area contributed by atoms with Crippen molar-refractivity contribution >= 4 is 11.7 Å². The van der Waals surface area contributed by atoms with Crippen LogP contribution >= 0.6 is 0 Å². The van der Waals surface area contributed by atoms with Crippen LogP contribution in [0.3, 0.4) is 0 Å². The zero-order valence-corrected chi connectivity index (χ0v) is 12.3. The Hall–Kier alpha value is -2.36. The minimum atomic E-state index is -0.396. The van der Waals surface area contributed by atoms with Gasteiger partial charge in [-0.25, -0.2) is 9.18 Å². The van der Waals surface area contributed by atoms with Gasteiger partial charge in [0.05, 0.1) is 12.7 Å². The SMILES string of the molecule is COC(=O)c1cc(C)ccc1NC(C)c1cccc(F)c1. The number of hydrogen-bond acceptors (Lipinski definition) is 3. The zero-order chi connectivity index (χ0) is 15.4. The molecule has 0 radical (unpaired) electrons. The quantitative estimate of drug-likeness (QED) is 0.861. The molecule has 0 fully saturated rings. The lowest BCUT2D eigenvalue weighted by molar-refractivity contribution is 0.0601. The molecule has 1 unspecified atom stereocenters. The summed E-state index contributed by atoms with van der Waals surface area (Å²) < 4.78 is 18.1. The van der Waals surface area contributed by atoms with Crippen LogP contribution in [-0.2, 0) is 4.74 Å². The van der Waals surface area contributed by atoms with Crippen LogP contribution in [0.4, 0.5) is 10.1 Å². The molecule has 2 rings (SSSR count). The standard InChI is InChI=1S/C17H18FNO2/c1-11-7-8-16(15(9-11)17(20)21-3)19-12(2)13-5-4-6-14(18)10-13/h4-10,12,19H,1-3H3. The topological polar surface area (TPSA) is 38.3 Å². The van der Waals surface area contributed by atoms with E-state index in [1.165, 1.54) is 19.2 Å². The van der Waals surface area contributed by atoms with E-state index in [2.05, 4.69) is 5.32 Å². The number of methoxy groups -OCH3 is 1. The van der Waals surface area contributed by atoms with Crippen LogP contribution in [0.15, 0.2) is 42.5 Å². The number of rotatable bonds is 4. The number of halogens is 1. The predicted octanol–water partition coefficient (Wildman–Crippen LogP) is 4.09. The first-order valence-corrected chi connectivity index (χ1v) is 6.72. The van der Waals surface area contributed by atoms with Crippen molar-refractivity contribution in [3.05, 3.63) is 65.0 Å². The number of esters is 1. The molecule has 0 amide bonds. The molecular weight excluding hydrogens is 269 g/mol. The average Bonchev–Trinajstić information content (AvgIpc) is 2.48. The summed E-state index contributed by atoms with van der Waals surface area (Å²) in [6.45, 7) is 3.82. The molecule has 0 saturated carbocycles. The predicted molar refractivity (Wildman–Crippen MR) is 81.0 cm³/mol. The highest BCUT2D eigenvalue weighted by Gasteiger charge is 2.14. The van der Waals surface area contributed by atoms with Crippen LogP contribution in [0.2, 0.25) is 0 Å². The molecule has 2 aromatic carbocycles. The maximum absolute atomic E-state index is 13.3. The van der Waals surface area contributed by atoms with Gasteiger partial charge in [0.15, 0.2) is 0 Å². The molecule has 0 heterocycles. The van der Waals surface area contributed by atoms with Crippen LogP contribution < -0.4 is 5.32 Å². The smallest absolute Gasteiger partial charge is 0.339 e. The summed E-state index contributed by atoms with van der Waals surface area (Å²) in [5.74, 6) is -0.675. The van der Waals surface area contributed by atoms with E-state index >= 15 is 0 Å². The van der Waals surface area contributed by atoms with Crippen molar-refractivity contribution in [2.75, 3.05) is 12.4 Å². The monoisotopic (exact) mass is 287 g/mol. The van der Waals surface area contributed by atoms with Gasteiger partial charge in [0.25, 0.3) is 0 Å². The fourth-order valence-electron chi connectivity index (χ4n) is 2.16. The molecule has 0 aliphatic carbocycles. The lowest BCUT2D eigenvalue weighted by Crippen LogP contribution is -2.12. The number of anilines is 1. The summed E-state index contributed by atoms with van der Waals surface area (Å²) in [5.41, 5.74) is 2.93. The molecule has 0 aromatic heterocycles. The first-order chi connectivity index (χ1) is 10.0. The van der Waals surface area contributed by atoms with Gasteiger partial charge < -0.3 is 10.1 Å². The summed E-state index contributed by atoms with van der Waals surface area (Å²) in [7, 11) is 1.35. The van der Waals surface area contributed by atoms with Crippen molar-refractivity contribution in [1.82, 2.24) is 0 Å². The number of ether oxygens (including phenoxy) is 1. The second kappa shape index (κ2) is 6.39. The average molecular weight is 287 g/mol. The lowest BCUT2D eigenvalue weighted by atomic mass is 10.1. The molecule has 0 bridgehead atoms. The van der Waals surface area contributed by atoms with Crippen molar-refractivity contribution in [2.24, 2.45) is 0 Å². The molecule has 4 heteroatoms. The Bertz CT molecular complexity index is 655. The van der Waals surface area contributed by atoms with Crippen LogP contribution in [0.5, 0.6) is 0 Å². The van der Waals surface area contributed by atoms with Crippen LogP contribution in [0.25, 0.3) is 0 Å². The molecule has 1 atom stereocenters. The number of nitrogens with one attached hydrogen (secondary N) is 1. The van der Waals surface area contributed by atoms with Crippen LogP contribution in [0, 0.1) is 12.7 Å². The van der Waals surface area contributed by atoms with E-state index in [4.69, 9.17) is 4.74 Å². The van der Waals surface area contributed by atoms with Gasteiger partial charge in [0, 0.05) is 11.7 Å². The first kappa shape index (κ1) is 15.0.